The summed E-state index contributed by atoms with van der Waals surface area (Å²) in [4.78, 5) is 11.0. The Balaban J connectivity index is 0.00000361. The number of benzene rings is 1. The molecule has 7 heteroatoms. The molecular formula is C13H18ClF2NO3. The molecule has 0 fully saturated rings. The van der Waals surface area contributed by atoms with Gasteiger partial charge >= 0.3 is 12.6 Å². The first-order valence-corrected chi connectivity index (χ1v) is 6.03. The van der Waals surface area contributed by atoms with Crippen molar-refractivity contribution < 1.29 is 23.4 Å². The van der Waals surface area contributed by atoms with Crippen LogP contribution in [-0.2, 0) is 11.3 Å². The van der Waals surface area contributed by atoms with Crippen molar-refractivity contribution in [2.75, 3.05) is 0 Å². The zero-order valence-electron chi connectivity index (χ0n) is 11.0. The van der Waals surface area contributed by atoms with Gasteiger partial charge in [-0.3, -0.25) is 4.79 Å². The van der Waals surface area contributed by atoms with Crippen LogP contribution in [0.3, 0.4) is 0 Å². The second-order valence-electron chi connectivity index (χ2n) is 4.05. The molecule has 114 valence electrons. The first kappa shape index (κ1) is 18.6. The van der Waals surface area contributed by atoms with Crippen molar-refractivity contribution in [3.8, 4) is 5.75 Å². The molecule has 0 bridgehead atoms. The van der Waals surface area contributed by atoms with E-state index < -0.39 is 18.6 Å². The zero-order valence-corrected chi connectivity index (χ0v) is 11.8. The molecule has 0 aliphatic carbocycles. The molecule has 0 aromatic heterocycles. The number of halogens is 3. The quantitative estimate of drug-likeness (QED) is 0.775. The lowest BCUT2D eigenvalue weighted by molar-refractivity contribution is -0.139. The van der Waals surface area contributed by atoms with Gasteiger partial charge in [-0.05, 0) is 12.5 Å². The number of rotatable bonds is 8. The molecule has 1 aromatic carbocycles. The molecule has 0 aliphatic rings. The van der Waals surface area contributed by atoms with E-state index in [4.69, 9.17) is 5.11 Å². The van der Waals surface area contributed by atoms with Gasteiger partial charge in [-0.2, -0.15) is 8.78 Å². The van der Waals surface area contributed by atoms with E-state index in [0.29, 0.717) is 12.0 Å². The number of carboxylic acid groups (broad SMARTS) is 1. The van der Waals surface area contributed by atoms with E-state index in [1.54, 1.807) is 18.2 Å². The normalized spacial score (nSPS) is 11.8. The van der Waals surface area contributed by atoms with E-state index in [1.807, 2.05) is 6.92 Å². The second kappa shape index (κ2) is 9.50. The fraction of sp³-hybridized carbons (Fsp3) is 0.462. The minimum atomic E-state index is -2.90. The number of carbonyl (C=O) groups is 1. The maximum Gasteiger partial charge on any atom is 0.387 e. The van der Waals surface area contributed by atoms with Crippen LogP contribution in [-0.4, -0.2) is 23.7 Å². The van der Waals surface area contributed by atoms with E-state index in [0.717, 1.165) is 6.42 Å². The van der Waals surface area contributed by atoms with Crippen LogP contribution in [0.1, 0.15) is 25.3 Å². The Kier molecular flexibility index (Phi) is 8.83. The van der Waals surface area contributed by atoms with E-state index in [1.165, 1.54) is 6.07 Å². The van der Waals surface area contributed by atoms with Crippen molar-refractivity contribution in [2.45, 2.75) is 39.0 Å². The van der Waals surface area contributed by atoms with Crippen LogP contribution in [0.15, 0.2) is 24.3 Å². The monoisotopic (exact) mass is 309 g/mol. The van der Waals surface area contributed by atoms with Crippen LogP contribution in [0.4, 0.5) is 8.78 Å². The lowest BCUT2D eigenvalue weighted by Crippen LogP contribution is -2.36. The van der Waals surface area contributed by atoms with Gasteiger partial charge in [0.2, 0.25) is 0 Å². The zero-order chi connectivity index (χ0) is 14.3. The number of ether oxygens (including phenoxy) is 1. The van der Waals surface area contributed by atoms with Crippen LogP contribution >= 0.6 is 12.4 Å². The highest BCUT2D eigenvalue weighted by molar-refractivity contribution is 5.85. The van der Waals surface area contributed by atoms with E-state index in [2.05, 4.69) is 10.1 Å². The molecule has 0 aliphatic heterocycles. The van der Waals surface area contributed by atoms with Gasteiger partial charge in [0, 0.05) is 12.1 Å². The van der Waals surface area contributed by atoms with Gasteiger partial charge in [-0.1, -0.05) is 31.5 Å². The summed E-state index contributed by atoms with van der Waals surface area (Å²) in [5.41, 5.74) is 0.505. The van der Waals surface area contributed by atoms with Crippen molar-refractivity contribution in [3.05, 3.63) is 29.8 Å². The van der Waals surface area contributed by atoms with Gasteiger partial charge in [-0.25, -0.2) is 0 Å². The molecule has 0 spiro atoms. The molecule has 0 saturated heterocycles. The molecule has 1 rings (SSSR count). The highest BCUT2D eigenvalue weighted by Crippen LogP contribution is 2.20. The molecule has 1 aromatic rings. The summed E-state index contributed by atoms with van der Waals surface area (Å²) < 4.78 is 28.8. The number of alkyl halides is 2. The number of hydrogen-bond donors (Lipinski definition) is 2. The molecule has 4 nitrogen and oxygen atoms in total. The molecule has 0 heterocycles. The average Bonchev–Trinajstić information content (AvgIpc) is 2.35. The standard InChI is InChI=1S/C13H17F2NO3.ClH/c1-2-5-10(12(17)18)16-8-9-6-3-4-7-11(9)19-13(14)15;/h3-4,6-7,10,13,16H,2,5,8H2,1H3,(H,17,18);1H. The highest BCUT2D eigenvalue weighted by atomic mass is 35.5. The van der Waals surface area contributed by atoms with Crippen molar-refractivity contribution in [3.63, 3.8) is 0 Å². The lowest BCUT2D eigenvalue weighted by Gasteiger charge is -2.15. The molecule has 1 unspecified atom stereocenters. The third-order valence-electron chi connectivity index (χ3n) is 2.60. The summed E-state index contributed by atoms with van der Waals surface area (Å²) >= 11 is 0. The summed E-state index contributed by atoms with van der Waals surface area (Å²) in [6.07, 6.45) is 1.20. The number of carboxylic acids is 1. The maximum atomic E-state index is 12.2. The predicted octanol–water partition coefficient (Wildman–Crippen LogP) is 3.05. The molecule has 0 saturated carbocycles. The Morgan fingerprint density at radius 1 is 1.40 bits per heavy atom. The van der Waals surface area contributed by atoms with E-state index >= 15 is 0 Å². The summed E-state index contributed by atoms with van der Waals surface area (Å²) in [7, 11) is 0. The van der Waals surface area contributed by atoms with Gasteiger partial charge in [0.15, 0.2) is 0 Å². The summed E-state index contributed by atoms with van der Waals surface area (Å²) in [5, 5.41) is 11.8. The number of hydrogen-bond acceptors (Lipinski definition) is 3. The number of nitrogens with one attached hydrogen (secondary N) is 1. The van der Waals surface area contributed by atoms with Crippen LogP contribution in [0.2, 0.25) is 0 Å². The fourth-order valence-electron chi connectivity index (χ4n) is 1.70. The third kappa shape index (κ3) is 6.16. The first-order valence-electron chi connectivity index (χ1n) is 6.03. The third-order valence-corrected chi connectivity index (χ3v) is 2.60. The summed E-state index contributed by atoms with van der Waals surface area (Å²) in [6, 6.07) is 5.63. The van der Waals surface area contributed by atoms with Crippen molar-refractivity contribution >= 4 is 18.4 Å². The molecule has 0 radical (unpaired) electrons. The van der Waals surface area contributed by atoms with Crippen LogP contribution in [0, 0.1) is 0 Å². The van der Waals surface area contributed by atoms with Gasteiger partial charge in [0.05, 0.1) is 0 Å². The topological polar surface area (TPSA) is 58.6 Å². The Morgan fingerprint density at radius 2 is 2.05 bits per heavy atom. The van der Waals surface area contributed by atoms with Crippen molar-refractivity contribution in [2.24, 2.45) is 0 Å². The second-order valence-corrected chi connectivity index (χ2v) is 4.05. The Bertz CT molecular complexity index is 418. The minimum Gasteiger partial charge on any atom is -0.480 e. The lowest BCUT2D eigenvalue weighted by atomic mass is 10.1. The molecule has 1 atom stereocenters. The predicted molar refractivity (Wildman–Crippen MR) is 73.5 cm³/mol. The first-order chi connectivity index (χ1) is 9.04. The fourth-order valence-corrected chi connectivity index (χ4v) is 1.70. The van der Waals surface area contributed by atoms with Crippen LogP contribution in [0.5, 0.6) is 5.75 Å². The van der Waals surface area contributed by atoms with Crippen LogP contribution < -0.4 is 10.1 Å². The molecule has 0 amide bonds. The smallest absolute Gasteiger partial charge is 0.387 e. The SMILES string of the molecule is CCCC(NCc1ccccc1OC(F)F)C(=O)O.Cl. The number of aliphatic carboxylic acids is 1. The largest absolute Gasteiger partial charge is 0.480 e. The summed E-state index contributed by atoms with van der Waals surface area (Å²) in [6.45, 7) is -0.849. The number of para-hydroxylation sites is 1. The van der Waals surface area contributed by atoms with Gasteiger partial charge in [-0.15, -0.1) is 12.4 Å². The van der Waals surface area contributed by atoms with Gasteiger partial charge in [0.25, 0.3) is 0 Å². The Hall–Kier alpha value is -1.40. The average molecular weight is 310 g/mol. The molecule has 2 N–H and O–H groups in total. The van der Waals surface area contributed by atoms with Gasteiger partial charge < -0.3 is 15.2 Å². The molecule has 20 heavy (non-hydrogen) atoms. The van der Waals surface area contributed by atoms with Gasteiger partial charge in [0.1, 0.15) is 11.8 Å². The Labute approximate surface area is 122 Å². The van der Waals surface area contributed by atoms with E-state index in [9.17, 15) is 13.6 Å². The summed E-state index contributed by atoms with van der Waals surface area (Å²) in [5.74, 6) is -0.889. The van der Waals surface area contributed by atoms with Crippen molar-refractivity contribution in [1.82, 2.24) is 5.32 Å². The van der Waals surface area contributed by atoms with Crippen LogP contribution in [0.25, 0.3) is 0 Å². The Morgan fingerprint density at radius 3 is 2.60 bits per heavy atom. The van der Waals surface area contributed by atoms with E-state index in [-0.39, 0.29) is 24.7 Å². The minimum absolute atomic E-state index is 0. The molecular weight excluding hydrogens is 292 g/mol. The highest BCUT2D eigenvalue weighted by Gasteiger charge is 2.16. The maximum absolute atomic E-state index is 12.2. The van der Waals surface area contributed by atoms with Crippen molar-refractivity contribution in [1.29, 1.82) is 0 Å².